The maximum absolute atomic E-state index is 2.51. The second-order valence-electron chi connectivity index (χ2n) is 9.23. The van der Waals surface area contributed by atoms with Gasteiger partial charge in [0.25, 0.3) is 0 Å². The van der Waals surface area contributed by atoms with Gasteiger partial charge >= 0.3 is 0 Å². The van der Waals surface area contributed by atoms with Crippen LogP contribution in [0, 0.1) is 0 Å². The summed E-state index contributed by atoms with van der Waals surface area (Å²) in [5, 5.41) is 0. The second-order valence-corrected chi connectivity index (χ2v) is 9.23. The molecule has 0 aromatic heterocycles. The minimum atomic E-state index is -0.317. The lowest BCUT2D eigenvalue weighted by Gasteiger charge is -2.35. The van der Waals surface area contributed by atoms with Gasteiger partial charge < -0.3 is 0 Å². The molecule has 33 heavy (non-hydrogen) atoms. The molecule has 156 valence electrons. The van der Waals surface area contributed by atoms with Crippen LogP contribution in [0.3, 0.4) is 0 Å². The molecular weight excluding hydrogens is 396 g/mol. The van der Waals surface area contributed by atoms with E-state index >= 15 is 0 Å². The molecule has 0 spiro atoms. The highest BCUT2D eigenvalue weighted by Gasteiger charge is 2.47. The molecule has 0 saturated heterocycles. The summed E-state index contributed by atoms with van der Waals surface area (Å²) in [6.45, 7) is 0. The molecule has 1 atom stereocenters. The normalized spacial score (nSPS) is 19.3. The van der Waals surface area contributed by atoms with E-state index in [1.165, 1.54) is 55.6 Å². The maximum atomic E-state index is 2.51. The standard InChI is InChI=1S/C33H24/c1-2-5-14-25(13-4-1)33(26-15-6-3-7-16-26)31-19-11-10-18-28(31)30-21-24-20-23-12-8-9-17-27(23)29(24)22-32(30)33/h1-4,6-19,21-22H,5,20H2. The van der Waals surface area contributed by atoms with E-state index < -0.39 is 0 Å². The lowest BCUT2D eigenvalue weighted by Crippen LogP contribution is -2.29. The van der Waals surface area contributed by atoms with Crippen LogP contribution in [0.15, 0.2) is 127 Å². The van der Waals surface area contributed by atoms with E-state index in [-0.39, 0.29) is 5.41 Å². The third-order valence-corrected chi connectivity index (χ3v) is 7.59. The molecule has 3 aliphatic carbocycles. The van der Waals surface area contributed by atoms with Crippen LogP contribution in [0.4, 0.5) is 0 Å². The molecule has 0 saturated carbocycles. The van der Waals surface area contributed by atoms with Gasteiger partial charge in [0.05, 0.1) is 5.41 Å². The summed E-state index contributed by atoms with van der Waals surface area (Å²) in [7, 11) is 0. The van der Waals surface area contributed by atoms with Crippen LogP contribution in [-0.2, 0) is 11.8 Å². The topological polar surface area (TPSA) is 0 Å². The smallest absolute Gasteiger partial charge is 0.0710 e. The molecule has 3 aliphatic rings. The molecule has 0 aliphatic heterocycles. The molecule has 4 aromatic rings. The second kappa shape index (κ2) is 7.05. The van der Waals surface area contributed by atoms with Crippen molar-refractivity contribution in [2.75, 3.05) is 0 Å². The fourth-order valence-electron chi connectivity index (χ4n) is 6.24. The van der Waals surface area contributed by atoms with Crippen LogP contribution < -0.4 is 0 Å². The highest BCUT2D eigenvalue weighted by atomic mass is 14.5. The Balaban J connectivity index is 1.61. The van der Waals surface area contributed by atoms with Crippen LogP contribution in [0.5, 0.6) is 0 Å². The van der Waals surface area contributed by atoms with Crippen LogP contribution in [0.2, 0.25) is 0 Å². The van der Waals surface area contributed by atoms with Gasteiger partial charge in [0.1, 0.15) is 0 Å². The van der Waals surface area contributed by atoms with E-state index in [1.807, 2.05) is 0 Å². The Bertz CT molecular complexity index is 1500. The SMILES string of the molecule is C1=CCC=C(C2(c3ccccc3)c3ccccc3-c3cc4c(cc32)-c2ccccc2C4)C=C1. The molecule has 0 radical (unpaired) electrons. The van der Waals surface area contributed by atoms with Crippen LogP contribution >= 0.6 is 0 Å². The summed E-state index contributed by atoms with van der Waals surface area (Å²) in [4.78, 5) is 0. The van der Waals surface area contributed by atoms with Crippen molar-refractivity contribution >= 4 is 0 Å². The van der Waals surface area contributed by atoms with Crippen LogP contribution in [0.1, 0.15) is 34.2 Å². The molecule has 0 nitrogen and oxygen atoms in total. The van der Waals surface area contributed by atoms with Gasteiger partial charge in [-0.15, -0.1) is 0 Å². The third kappa shape index (κ3) is 2.52. The third-order valence-electron chi connectivity index (χ3n) is 7.59. The first kappa shape index (κ1) is 18.7. The van der Waals surface area contributed by atoms with Gasteiger partial charge in [-0.1, -0.05) is 109 Å². The lowest BCUT2D eigenvalue weighted by molar-refractivity contribution is 0.764. The van der Waals surface area contributed by atoms with Crippen molar-refractivity contribution in [3.05, 3.63) is 155 Å². The van der Waals surface area contributed by atoms with E-state index in [1.54, 1.807) is 0 Å². The summed E-state index contributed by atoms with van der Waals surface area (Å²) < 4.78 is 0. The molecular formula is C33H24. The largest absolute Gasteiger partial charge is 0.0807 e. The Morgan fingerprint density at radius 3 is 2.27 bits per heavy atom. The maximum Gasteiger partial charge on any atom is 0.0710 e. The summed E-state index contributed by atoms with van der Waals surface area (Å²) >= 11 is 0. The zero-order chi connectivity index (χ0) is 21.8. The molecule has 0 bridgehead atoms. The van der Waals surface area contributed by atoms with Crippen molar-refractivity contribution in [2.24, 2.45) is 0 Å². The first-order chi connectivity index (χ1) is 16.4. The van der Waals surface area contributed by atoms with Gasteiger partial charge in [-0.05, 0) is 80.6 Å². The highest BCUT2D eigenvalue weighted by molar-refractivity contribution is 5.91. The number of benzene rings is 4. The van der Waals surface area contributed by atoms with Crippen molar-refractivity contribution in [1.29, 1.82) is 0 Å². The van der Waals surface area contributed by atoms with Gasteiger partial charge in [0.2, 0.25) is 0 Å². The Labute approximate surface area is 195 Å². The zero-order valence-corrected chi connectivity index (χ0v) is 18.5. The number of rotatable bonds is 2. The molecule has 0 fully saturated rings. The predicted octanol–water partition coefficient (Wildman–Crippen LogP) is 8.02. The summed E-state index contributed by atoms with van der Waals surface area (Å²) in [5.74, 6) is 0. The van der Waals surface area contributed by atoms with E-state index in [0.717, 1.165) is 12.8 Å². The van der Waals surface area contributed by atoms with E-state index in [9.17, 15) is 0 Å². The number of fused-ring (bicyclic) bond motifs is 6. The van der Waals surface area contributed by atoms with Crippen LogP contribution in [-0.4, -0.2) is 0 Å². The average molecular weight is 421 g/mol. The number of hydrogen-bond donors (Lipinski definition) is 0. The number of allylic oxidation sites excluding steroid dienone is 6. The lowest BCUT2D eigenvalue weighted by atomic mass is 9.66. The van der Waals surface area contributed by atoms with Crippen molar-refractivity contribution in [1.82, 2.24) is 0 Å². The van der Waals surface area contributed by atoms with E-state index in [4.69, 9.17) is 0 Å². The molecule has 1 unspecified atom stereocenters. The Kier molecular flexibility index (Phi) is 3.98. The monoisotopic (exact) mass is 420 g/mol. The number of hydrogen-bond acceptors (Lipinski definition) is 0. The minimum absolute atomic E-state index is 0.317. The van der Waals surface area contributed by atoms with Gasteiger partial charge in [-0.2, -0.15) is 0 Å². The molecule has 0 amide bonds. The zero-order valence-electron chi connectivity index (χ0n) is 18.5. The first-order valence-electron chi connectivity index (χ1n) is 11.8. The first-order valence-corrected chi connectivity index (χ1v) is 11.8. The van der Waals surface area contributed by atoms with Crippen molar-refractivity contribution in [3.8, 4) is 22.3 Å². The molecule has 0 N–H and O–H groups in total. The van der Waals surface area contributed by atoms with Crippen molar-refractivity contribution < 1.29 is 0 Å². The summed E-state index contributed by atoms with van der Waals surface area (Å²) in [5.41, 5.74) is 13.6. The van der Waals surface area contributed by atoms with Crippen molar-refractivity contribution in [2.45, 2.75) is 18.3 Å². The summed E-state index contributed by atoms with van der Waals surface area (Å²) in [6, 6.07) is 34.0. The summed E-state index contributed by atoms with van der Waals surface area (Å²) in [6.07, 6.45) is 13.3. The Morgan fingerprint density at radius 1 is 0.576 bits per heavy atom. The average Bonchev–Trinajstić information content (AvgIpc) is 3.22. The van der Waals surface area contributed by atoms with Gasteiger partial charge in [0.15, 0.2) is 0 Å². The van der Waals surface area contributed by atoms with Gasteiger partial charge in [0, 0.05) is 0 Å². The van der Waals surface area contributed by atoms with E-state index in [0.29, 0.717) is 0 Å². The molecule has 4 aromatic carbocycles. The minimum Gasteiger partial charge on any atom is -0.0807 e. The Hall–Kier alpha value is -3.90. The molecule has 0 heteroatoms. The van der Waals surface area contributed by atoms with E-state index in [2.05, 4.69) is 121 Å². The predicted molar refractivity (Wildman–Crippen MR) is 137 cm³/mol. The van der Waals surface area contributed by atoms with Crippen molar-refractivity contribution in [3.63, 3.8) is 0 Å². The molecule has 0 heterocycles. The van der Waals surface area contributed by atoms with Gasteiger partial charge in [-0.25, -0.2) is 0 Å². The Morgan fingerprint density at radius 2 is 1.36 bits per heavy atom. The van der Waals surface area contributed by atoms with Crippen LogP contribution in [0.25, 0.3) is 22.3 Å². The molecule has 7 rings (SSSR count). The fraction of sp³-hybridized carbons (Fsp3) is 0.0909. The quantitative estimate of drug-likeness (QED) is 0.271. The highest BCUT2D eigenvalue weighted by Crippen LogP contribution is 2.58. The fourth-order valence-corrected chi connectivity index (χ4v) is 6.24. The van der Waals surface area contributed by atoms with Gasteiger partial charge in [-0.3, -0.25) is 0 Å².